The zero-order chi connectivity index (χ0) is 14.8. The van der Waals surface area contributed by atoms with E-state index in [4.69, 9.17) is 0 Å². The highest BCUT2D eigenvalue weighted by molar-refractivity contribution is 9.10. The molecule has 0 amide bonds. The van der Waals surface area contributed by atoms with Crippen molar-refractivity contribution in [3.8, 4) is 0 Å². The van der Waals surface area contributed by atoms with Gasteiger partial charge in [0.1, 0.15) is 5.82 Å². The Morgan fingerprint density at radius 3 is 2.50 bits per heavy atom. The quantitative estimate of drug-likeness (QED) is 0.514. The fourth-order valence-electron chi connectivity index (χ4n) is 2.42. The van der Waals surface area contributed by atoms with Gasteiger partial charge >= 0.3 is 0 Å². The van der Waals surface area contributed by atoms with Crippen LogP contribution >= 0.6 is 15.9 Å². The number of nitrogens with one attached hydrogen (secondary N) is 1. The third-order valence-corrected chi connectivity index (χ3v) is 4.07. The molecule has 0 aliphatic carbocycles. The van der Waals surface area contributed by atoms with Crippen molar-refractivity contribution in [1.82, 2.24) is 5.32 Å². The SMILES string of the molecule is CCCCCCCC(NCCC)c1ccc(Br)cc1F. The van der Waals surface area contributed by atoms with E-state index in [1.165, 1.54) is 25.7 Å². The third-order valence-electron chi connectivity index (χ3n) is 3.58. The zero-order valence-electron chi connectivity index (χ0n) is 12.7. The standard InChI is InChI=1S/C17H27BrFN/c1-3-5-6-7-8-9-17(20-12-4-2)15-11-10-14(18)13-16(15)19/h10-11,13,17,20H,3-9,12H2,1-2H3. The van der Waals surface area contributed by atoms with Crippen LogP contribution in [0.25, 0.3) is 0 Å². The van der Waals surface area contributed by atoms with Gasteiger partial charge in [-0.3, -0.25) is 0 Å². The van der Waals surface area contributed by atoms with E-state index < -0.39 is 0 Å². The number of hydrogen-bond acceptors (Lipinski definition) is 1. The molecule has 1 N–H and O–H groups in total. The monoisotopic (exact) mass is 343 g/mol. The minimum absolute atomic E-state index is 0.110. The van der Waals surface area contributed by atoms with Gasteiger partial charge in [0.25, 0.3) is 0 Å². The molecule has 1 rings (SSSR count). The van der Waals surface area contributed by atoms with Crippen LogP contribution in [-0.2, 0) is 0 Å². The van der Waals surface area contributed by atoms with Gasteiger partial charge in [-0.05, 0) is 31.5 Å². The van der Waals surface area contributed by atoms with E-state index in [2.05, 4.69) is 35.1 Å². The number of benzene rings is 1. The molecule has 0 saturated carbocycles. The molecule has 0 bridgehead atoms. The smallest absolute Gasteiger partial charge is 0.129 e. The topological polar surface area (TPSA) is 12.0 Å². The van der Waals surface area contributed by atoms with Crippen molar-refractivity contribution < 1.29 is 4.39 Å². The molecule has 1 aromatic rings. The first kappa shape index (κ1) is 17.6. The fourth-order valence-corrected chi connectivity index (χ4v) is 2.76. The molecule has 114 valence electrons. The summed E-state index contributed by atoms with van der Waals surface area (Å²) in [5, 5.41) is 3.48. The van der Waals surface area contributed by atoms with E-state index in [9.17, 15) is 4.39 Å². The van der Waals surface area contributed by atoms with Crippen LogP contribution in [0.3, 0.4) is 0 Å². The number of hydrogen-bond donors (Lipinski definition) is 1. The Kier molecular flexibility index (Phi) is 9.12. The maximum atomic E-state index is 14.1. The van der Waals surface area contributed by atoms with Crippen LogP contribution < -0.4 is 5.32 Å². The molecule has 1 unspecified atom stereocenters. The molecule has 0 heterocycles. The van der Waals surface area contributed by atoms with Crippen LogP contribution in [-0.4, -0.2) is 6.54 Å². The van der Waals surface area contributed by atoms with Gasteiger partial charge in [0.05, 0.1) is 0 Å². The highest BCUT2D eigenvalue weighted by Crippen LogP contribution is 2.25. The van der Waals surface area contributed by atoms with Gasteiger partial charge in [0, 0.05) is 16.1 Å². The van der Waals surface area contributed by atoms with Gasteiger partial charge < -0.3 is 5.32 Å². The predicted molar refractivity (Wildman–Crippen MR) is 88.5 cm³/mol. The van der Waals surface area contributed by atoms with Gasteiger partial charge in [-0.25, -0.2) is 4.39 Å². The first-order valence-corrected chi connectivity index (χ1v) is 8.66. The molecule has 3 heteroatoms. The molecule has 1 aromatic carbocycles. The molecule has 0 saturated heterocycles. The second-order valence-corrected chi connectivity index (χ2v) is 6.29. The Labute approximate surface area is 131 Å². The van der Waals surface area contributed by atoms with E-state index in [0.29, 0.717) is 0 Å². The van der Waals surface area contributed by atoms with Crippen LogP contribution in [0.15, 0.2) is 22.7 Å². The molecule has 20 heavy (non-hydrogen) atoms. The van der Waals surface area contributed by atoms with Crippen LogP contribution in [0.5, 0.6) is 0 Å². The highest BCUT2D eigenvalue weighted by Gasteiger charge is 2.14. The van der Waals surface area contributed by atoms with Crippen LogP contribution in [0.1, 0.15) is 70.4 Å². The Morgan fingerprint density at radius 2 is 1.85 bits per heavy atom. The van der Waals surface area contributed by atoms with E-state index >= 15 is 0 Å². The molecule has 0 aliphatic heterocycles. The summed E-state index contributed by atoms with van der Waals surface area (Å²) >= 11 is 3.32. The second kappa shape index (κ2) is 10.3. The van der Waals surface area contributed by atoms with Gasteiger partial charge in [0.2, 0.25) is 0 Å². The second-order valence-electron chi connectivity index (χ2n) is 5.38. The lowest BCUT2D eigenvalue weighted by atomic mass is 9.99. The Hall–Kier alpha value is -0.410. The van der Waals surface area contributed by atoms with E-state index in [0.717, 1.165) is 35.8 Å². The molecule has 1 atom stereocenters. The van der Waals surface area contributed by atoms with Gasteiger partial charge in [0.15, 0.2) is 0 Å². The highest BCUT2D eigenvalue weighted by atomic mass is 79.9. The summed E-state index contributed by atoms with van der Waals surface area (Å²) in [6.45, 7) is 5.31. The summed E-state index contributed by atoms with van der Waals surface area (Å²) in [4.78, 5) is 0. The summed E-state index contributed by atoms with van der Waals surface area (Å²) < 4.78 is 14.9. The van der Waals surface area contributed by atoms with Crippen molar-refractivity contribution in [2.75, 3.05) is 6.54 Å². The summed E-state index contributed by atoms with van der Waals surface area (Å²) in [5.74, 6) is -0.110. The molecular weight excluding hydrogens is 317 g/mol. The maximum absolute atomic E-state index is 14.1. The number of halogens is 2. The molecular formula is C17H27BrFN. The summed E-state index contributed by atoms with van der Waals surface area (Å²) in [6.07, 6.45) is 8.36. The van der Waals surface area contributed by atoms with Crippen molar-refractivity contribution in [2.45, 2.75) is 64.8 Å². The first-order valence-electron chi connectivity index (χ1n) is 7.87. The Bertz CT molecular complexity index is 381. The summed E-state index contributed by atoms with van der Waals surface area (Å²) in [7, 11) is 0. The van der Waals surface area contributed by atoms with Gasteiger partial charge in [-0.2, -0.15) is 0 Å². The third kappa shape index (κ3) is 6.36. The van der Waals surface area contributed by atoms with Crippen molar-refractivity contribution in [3.63, 3.8) is 0 Å². The Balaban J connectivity index is 2.58. The van der Waals surface area contributed by atoms with Gasteiger partial charge in [-0.15, -0.1) is 0 Å². The molecule has 0 aliphatic rings. The lowest BCUT2D eigenvalue weighted by molar-refractivity contribution is 0.449. The molecule has 0 spiro atoms. The lowest BCUT2D eigenvalue weighted by Gasteiger charge is -2.20. The molecule has 1 nitrogen and oxygen atoms in total. The van der Waals surface area contributed by atoms with Crippen molar-refractivity contribution in [2.24, 2.45) is 0 Å². The minimum Gasteiger partial charge on any atom is -0.310 e. The zero-order valence-corrected chi connectivity index (χ0v) is 14.3. The molecule has 0 radical (unpaired) electrons. The number of unbranched alkanes of at least 4 members (excludes halogenated alkanes) is 4. The van der Waals surface area contributed by atoms with E-state index in [1.54, 1.807) is 6.07 Å². The van der Waals surface area contributed by atoms with Crippen molar-refractivity contribution in [1.29, 1.82) is 0 Å². The van der Waals surface area contributed by atoms with Crippen molar-refractivity contribution >= 4 is 15.9 Å². The van der Waals surface area contributed by atoms with Crippen LogP contribution in [0, 0.1) is 5.82 Å². The molecule has 0 fully saturated rings. The minimum atomic E-state index is -0.110. The van der Waals surface area contributed by atoms with E-state index in [1.807, 2.05) is 12.1 Å². The van der Waals surface area contributed by atoms with Crippen LogP contribution in [0.4, 0.5) is 4.39 Å². The summed E-state index contributed by atoms with van der Waals surface area (Å²) in [6, 6.07) is 5.53. The van der Waals surface area contributed by atoms with Gasteiger partial charge in [-0.1, -0.05) is 67.9 Å². The molecule has 0 aromatic heterocycles. The van der Waals surface area contributed by atoms with Crippen molar-refractivity contribution in [3.05, 3.63) is 34.1 Å². The predicted octanol–water partition coefficient (Wildman–Crippen LogP) is 5.99. The first-order chi connectivity index (χ1) is 9.69. The normalized spacial score (nSPS) is 12.6. The van der Waals surface area contributed by atoms with Crippen LogP contribution in [0.2, 0.25) is 0 Å². The average molecular weight is 344 g/mol. The maximum Gasteiger partial charge on any atom is 0.129 e. The van der Waals surface area contributed by atoms with E-state index in [-0.39, 0.29) is 11.9 Å². The largest absolute Gasteiger partial charge is 0.310 e. The average Bonchev–Trinajstić information content (AvgIpc) is 2.43. The lowest BCUT2D eigenvalue weighted by Crippen LogP contribution is -2.23. The Morgan fingerprint density at radius 1 is 1.10 bits per heavy atom. The number of rotatable bonds is 10. The fraction of sp³-hybridized carbons (Fsp3) is 0.647. The summed E-state index contributed by atoms with van der Waals surface area (Å²) in [5.41, 5.74) is 0.803.